The first kappa shape index (κ1) is 20.2. The molecule has 1 heterocycles. The van der Waals surface area contributed by atoms with Crippen molar-refractivity contribution in [1.29, 1.82) is 0 Å². The zero-order valence-corrected chi connectivity index (χ0v) is 16.6. The van der Waals surface area contributed by atoms with Crippen molar-refractivity contribution in [2.45, 2.75) is 31.3 Å². The molecule has 6 nitrogen and oxygen atoms in total. The van der Waals surface area contributed by atoms with Crippen molar-refractivity contribution < 1.29 is 15.1 Å². The fourth-order valence-electron chi connectivity index (χ4n) is 4.12. The molecule has 0 radical (unpaired) electrons. The Balaban J connectivity index is 1.54. The lowest BCUT2D eigenvalue weighted by Gasteiger charge is -2.24. The molecule has 2 aromatic carbocycles. The highest BCUT2D eigenvalue weighted by Crippen LogP contribution is 2.35. The Labute approximate surface area is 175 Å². The number of hydroxylamine groups is 1. The van der Waals surface area contributed by atoms with Crippen LogP contribution in [0.15, 0.2) is 60.8 Å². The molecule has 6 heteroatoms. The van der Waals surface area contributed by atoms with E-state index in [4.69, 9.17) is 5.21 Å². The average Bonchev–Trinajstić information content (AvgIpc) is 3.18. The van der Waals surface area contributed by atoms with Gasteiger partial charge in [0.15, 0.2) is 0 Å². The highest BCUT2D eigenvalue weighted by molar-refractivity contribution is 5.90. The molecule has 3 aromatic rings. The van der Waals surface area contributed by atoms with Gasteiger partial charge in [0, 0.05) is 36.3 Å². The van der Waals surface area contributed by atoms with Crippen LogP contribution in [-0.2, 0) is 11.2 Å². The number of fused-ring (bicyclic) bond motifs is 2. The Bertz CT molecular complexity index is 1080. The zero-order chi connectivity index (χ0) is 20.9. The molecule has 1 aliphatic carbocycles. The number of rotatable bonds is 7. The van der Waals surface area contributed by atoms with E-state index in [1.807, 2.05) is 30.5 Å². The van der Waals surface area contributed by atoms with E-state index in [2.05, 4.69) is 34.6 Å². The second-order valence-corrected chi connectivity index (χ2v) is 7.55. The number of aromatic nitrogens is 1. The van der Waals surface area contributed by atoms with Crippen molar-refractivity contribution in [3.63, 3.8) is 0 Å². The van der Waals surface area contributed by atoms with Gasteiger partial charge in [-0.25, -0.2) is 5.48 Å². The third-order valence-corrected chi connectivity index (χ3v) is 5.62. The summed E-state index contributed by atoms with van der Waals surface area (Å²) in [5.74, 6) is -0.550. The number of carbonyl (C=O) groups is 1. The van der Waals surface area contributed by atoms with Crippen molar-refractivity contribution in [2.75, 3.05) is 6.61 Å². The predicted molar refractivity (Wildman–Crippen MR) is 116 cm³/mol. The summed E-state index contributed by atoms with van der Waals surface area (Å²) in [6, 6.07) is 16.5. The minimum Gasteiger partial charge on any atom is -0.396 e. The van der Waals surface area contributed by atoms with E-state index >= 15 is 0 Å². The number of aryl methyl sites for hydroxylation is 1. The summed E-state index contributed by atoms with van der Waals surface area (Å²) < 4.78 is 0. The normalized spacial score (nSPS) is 16.7. The Hall–Kier alpha value is -3.06. The lowest BCUT2D eigenvalue weighted by atomic mass is 10.00. The van der Waals surface area contributed by atoms with Crippen molar-refractivity contribution in [1.82, 2.24) is 15.8 Å². The van der Waals surface area contributed by atoms with Gasteiger partial charge in [-0.1, -0.05) is 36.4 Å². The number of aliphatic hydroxyl groups is 1. The van der Waals surface area contributed by atoms with Crippen LogP contribution in [0.5, 0.6) is 0 Å². The number of pyridine rings is 1. The fourth-order valence-corrected chi connectivity index (χ4v) is 4.12. The summed E-state index contributed by atoms with van der Waals surface area (Å²) in [6.45, 7) is 0.0979. The van der Waals surface area contributed by atoms with E-state index in [1.165, 1.54) is 17.2 Å². The molecule has 0 fully saturated rings. The third-order valence-electron chi connectivity index (χ3n) is 5.62. The first-order valence-corrected chi connectivity index (χ1v) is 10.1. The summed E-state index contributed by atoms with van der Waals surface area (Å²) in [4.78, 5) is 15.8. The monoisotopic (exact) mass is 403 g/mol. The first-order valence-electron chi connectivity index (χ1n) is 10.1. The van der Waals surface area contributed by atoms with E-state index < -0.39 is 5.91 Å². The largest absolute Gasteiger partial charge is 0.396 e. The summed E-state index contributed by atoms with van der Waals surface area (Å²) >= 11 is 0. The molecule has 2 atom stereocenters. The minimum absolute atomic E-state index is 0.0101. The maximum Gasteiger partial charge on any atom is 0.267 e. The van der Waals surface area contributed by atoms with Crippen LogP contribution in [0.25, 0.3) is 17.0 Å². The Morgan fingerprint density at radius 3 is 2.93 bits per heavy atom. The summed E-state index contributed by atoms with van der Waals surface area (Å²) in [7, 11) is 0. The zero-order valence-electron chi connectivity index (χ0n) is 16.6. The second kappa shape index (κ2) is 9.17. The molecule has 2 unspecified atom stereocenters. The third kappa shape index (κ3) is 4.41. The number of carbonyl (C=O) groups excluding carboxylic acids is 1. The van der Waals surface area contributed by atoms with Gasteiger partial charge in [-0.15, -0.1) is 0 Å². The molecule has 0 saturated heterocycles. The number of para-hydroxylation sites is 1. The van der Waals surface area contributed by atoms with Crippen LogP contribution in [0.2, 0.25) is 0 Å². The molecule has 30 heavy (non-hydrogen) atoms. The molecule has 0 saturated carbocycles. The standard InChI is InChI=1S/C24H25N3O3/c28-12-11-22(19-14-18-3-1-2-4-21(18)25-15-19)26-23-9-7-17-13-16(5-8-20(17)23)6-10-24(29)27-30/h1-6,8,10,13-15,22-23,26,28,30H,7,9,11-12H2,(H,27,29). The van der Waals surface area contributed by atoms with Gasteiger partial charge >= 0.3 is 0 Å². The highest BCUT2D eigenvalue weighted by Gasteiger charge is 2.25. The Morgan fingerprint density at radius 2 is 2.10 bits per heavy atom. The van der Waals surface area contributed by atoms with Crippen molar-refractivity contribution in [2.24, 2.45) is 0 Å². The van der Waals surface area contributed by atoms with Gasteiger partial charge in [-0.2, -0.15) is 0 Å². The number of aliphatic hydroxyl groups excluding tert-OH is 1. The summed E-state index contributed by atoms with van der Waals surface area (Å²) in [5.41, 5.74) is 7.05. The van der Waals surface area contributed by atoms with Crippen LogP contribution in [0.4, 0.5) is 0 Å². The van der Waals surface area contributed by atoms with E-state index in [0.717, 1.165) is 34.9 Å². The van der Waals surface area contributed by atoms with Crippen LogP contribution in [-0.4, -0.2) is 27.8 Å². The molecule has 1 aliphatic rings. The van der Waals surface area contributed by atoms with Gasteiger partial charge in [-0.3, -0.25) is 15.0 Å². The number of hydrogen-bond acceptors (Lipinski definition) is 5. The van der Waals surface area contributed by atoms with Crippen molar-refractivity contribution in [3.05, 3.63) is 83.1 Å². The fraction of sp³-hybridized carbons (Fsp3) is 0.250. The SMILES string of the molecule is O=C(C=Cc1ccc2c(c1)CCC2NC(CCO)c1cnc2ccccc2c1)NO. The van der Waals surface area contributed by atoms with Gasteiger partial charge in [0.05, 0.1) is 5.52 Å². The molecule has 0 aliphatic heterocycles. The lowest BCUT2D eigenvalue weighted by molar-refractivity contribution is -0.124. The number of benzene rings is 2. The highest BCUT2D eigenvalue weighted by atomic mass is 16.5. The van der Waals surface area contributed by atoms with Gasteiger partial charge in [-0.05, 0) is 59.7 Å². The molecule has 0 bridgehead atoms. The maximum atomic E-state index is 11.2. The molecule has 4 N–H and O–H groups in total. The van der Waals surface area contributed by atoms with Crippen LogP contribution in [0, 0.1) is 0 Å². The molecular formula is C24H25N3O3. The van der Waals surface area contributed by atoms with Crippen molar-refractivity contribution in [3.8, 4) is 0 Å². The summed E-state index contributed by atoms with van der Waals surface area (Å²) in [5, 5.41) is 23.0. The molecule has 0 spiro atoms. The molecule has 4 rings (SSSR count). The van der Waals surface area contributed by atoms with Crippen LogP contribution in [0.1, 0.15) is 47.2 Å². The molecule has 1 amide bonds. The molecule has 1 aromatic heterocycles. The quantitative estimate of drug-likeness (QED) is 0.275. The van der Waals surface area contributed by atoms with Gasteiger partial charge in [0.1, 0.15) is 0 Å². The van der Waals surface area contributed by atoms with Crippen LogP contribution < -0.4 is 10.8 Å². The number of amides is 1. The number of nitrogens with one attached hydrogen (secondary N) is 2. The predicted octanol–water partition coefficient (Wildman–Crippen LogP) is 3.45. The molecule has 154 valence electrons. The van der Waals surface area contributed by atoms with E-state index in [0.29, 0.717) is 6.42 Å². The van der Waals surface area contributed by atoms with E-state index in [-0.39, 0.29) is 18.7 Å². The van der Waals surface area contributed by atoms with Crippen LogP contribution >= 0.6 is 0 Å². The lowest BCUT2D eigenvalue weighted by Crippen LogP contribution is -2.26. The van der Waals surface area contributed by atoms with Gasteiger partial charge < -0.3 is 10.4 Å². The van der Waals surface area contributed by atoms with E-state index in [9.17, 15) is 9.90 Å². The topological polar surface area (TPSA) is 94.5 Å². The van der Waals surface area contributed by atoms with Gasteiger partial charge in [0.2, 0.25) is 0 Å². The number of nitrogens with zero attached hydrogens (tertiary/aromatic N) is 1. The molecular weight excluding hydrogens is 378 g/mol. The number of hydrogen-bond donors (Lipinski definition) is 4. The maximum absolute atomic E-state index is 11.2. The smallest absolute Gasteiger partial charge is 0.267 e. The average molecular weight is 403 g/mol. The van der Waals surface area contributed by atoms with Crippen LogP contribution in [0.3, 0.4) is 0 Å². The van der Waals surface area contributed by atoms with E-state index in [1.54, 1.807) is 11.6 Å². The first-order chi connectivity index (χ1) is 14.7. The van der Waals surface area contributed by atoms with Gasteiger partial charge in [0.25, 0.3) is 5.91 Å². The Morgan fingerprint density at radius 1 is 1.23 bits per heavy atom. The second-order valence-electron chi connectivity index (χ2n) is 7.55. The Kier molecular flexibility index (Phi) is 6.18. The minimum atomic E-state index is -0.550. The van der Waals surface area contributed by atoms with Crippen molar-refractivity contribution >= 4 is 22.9 Å². The summed E-state index contributed by atoms with van der Waals surface area (Å²) in [6.07, 6.45) is 7.41.